The molecule has 0 unspecified atom stereocenters. The number of aliphatic hydroxyl groups excluding tert-OH is 1. The number of hydrogen-bond acceptors (Lipinski definition) is 3. The van der Waals surface area contributed by atoms with Crippen molar-refractivity contribution in [3.8, 4) is 0 Å². The van der Waals surface area contributed by atoms with Crippen LogP contribution in [-0.4, -0.2) is 21.3 Å². The third kappa shape index (κ3) is 2.97. The quantitative estimate of drug-likeness (QED) is 0.815. The summed E-state index contributed by atoms with van der Waals surface area (Å²) in [5.41, 5.74) is 2.23. The lowest BCUT2D eigenvalue weighted by atomic mass is 10.1. The monoisotopic (exact) mass is 245 g/mol. The maximum Gasteiger partial charge on any atom is 0.0948 e. The molecule has 4 heteroatoms. The Morgan fingerprint density at radius 1 is 1.33 bits per heavy atom. The van der Waals surface area contributed by atoms with Crippen LogP contribution in [0, 0.1) is 0 Å². The number of nitrogens with zero attached hydrogens (tertiary/aromatic N) is 2. The normalized spacial score (nSPS) is 12.6. The molecule has 1 aromatic heterocycles. The Labute approximate surface area is 107 Å². The summed E-state index contributed by atoms with van der Waals surface area (Å²) in [4.78, 5) is 4.13. The van der Waals surface area contributed by atoms with Crippen LogP contribution < -0.4 is 5.32 Å². The molecule has 1 atom stereocenters. The summed E-state index contributed by atoms with van der Waals surface area (Å²) < 4.78 is 2.09. The van der Waals surface area contributed by atoms with E-state index in [0.717, 1.165) is 17.8 Å². The summed E-state index contributed by atoms with van der Waals surface area (Å²) in [5, 5.41) is 12.8. The highest BCUT2D eigenvalue weighted by Crippen LogP contribution is 2.12. The first-order valence-corrected chi connectivity index (χ1v) is 6.23. The summed E-state index contributed by atoms with van der Waals surface area (Å²) in [6.45, 7) is 3.79. The van der Waals surface area contributed by atoms with Gasteiger partial charge in [0.05, 0.1) is 24.7 Å². The average Bonchev–Trinajstić information content (AvgIpc) is 2.88. The van der Waals surface area contributed by atoms with Crippen LogP contribution in [0.4, 0.5) is 0 Å². The molecular formula is C14H19N3O. The maximum atomic E-state index is 9.45. The molecule has 1 aromatic carbocycles. The lowest BCUT2D eigenvalue weighted by molar-refractivity contribution is 0.243. The van der Waals surface area contributed by atoms with Gasteiger partial charge in [0.2, 0.25) is 0 Å². The molecule has 1 heterocycles. The number of rotatable bonds is 6. The molecule has 0 amide bonds. The summed E-state index contributed by atoms with van der Waals surface area (Å²) in [7, 11) is 0. The van der Waals surface area contributed by atoms with Gasteiger partial charge in [-0.15, -0.1) is 0 Å². The number of hydrogen-bond donors (Lipinski definition) is 2. The molecule has 0 aliphatic rings. The number of aliphatic hydroxyl groups is 1. The predicted octanol–water partition coefficient (Wildman–Crippen LogP) is 1.73. The second-order valence-electron chi connectivity index (χ2n) is 4.20. The van der Waals surface area contributed by atoms with Gasteiger partial charge in [-0.3, -0.25) is 0 Å². The number of nitrogens with one attached hydrogen (secondary N) is 1. The largest absolute Gasteiger partial charge is 0.394 e. The molecule has 0 spiro atoms. The second kappa shape index (κ2) is 6.33. The van der Waals surface area contributed by atoms with Gasteiger partial charge in [0.1, 0.15) is 0 Å². The van der Waals surface area contributed by atoms with E-state index in [1.54, 1.807) is 0 Å². The lowest BCUT2D eigenvalue weighted by Crippen LogP contribution is -2.25. The van der Waals surface area contributed by atoms with Gasteiger partial charge >= 0.3 is 0 Å². The van der Waals surface area contributed by atoms with E-state index in [0.29, 0.717) is 6.54 Å². The van der Waals surface area contributed by atoms with Gasteiger partial charge in [0, 0.05) is 19.3 Å². The topological polar surface area (TPSA) is 50.1 Å². The van der Waals surface area contributed by atoms with E-state index in [2.05, 4.69) is 21.8 Å². The smallest absolute Gasteiger partial charge is 0.0948 e. The first kappa shape index (κ1) is 12.8. The van der Waals surface area contributed by atoms with Crippen molar-refractivity contribution in [1.82, 2.24) is 14.9 Å². The van der Waals surface area contributed by atoms with Crippen LogP contribution in [0.5, 0.6) is 0 Å². The molecule has 4 nitrogen and oxygen atoms in total. The molecule has 18 heavy (non-hydrogen) atoms. The zero-order valence-corrected chi connectivity index (χ0v) is 10.6. The van der Waals surface area contributed by atoms with E-state index in [4.69, 9.17) is 0 Å². The standard InChI is InChI=1S/C14H19N3O/c1-2-17-11-15-8-13(17)9-16-14(10-18)12-6-4-3-5-7-12/h3-8,11,14,16,18H,2,9-10H2,1H3/t14-/m0/s1. The second-order valence-corrected chi connectivity index (χ2v) is 4.20. The highest BCUT2D eigenvalue weighted by Gasteiger charge is 2.10. The van der Waals surface area contributed by atoms with Crippen molar-refractivity contribution in [3.05, 3.63) is 54.1 Å². The molecule has 2 N–H and O–H groups in total. The van der Waals surface area contributed by atoms with E-state index in [9.17, 15) is 5.11 Å². The van der Waals surface area contributed by atoms with Gasteiger partial charge in [-0.2, -0.15) is 0 Å². The molecule has 0 aliphatic carbocycles. The van der Waals surface area contributed by atoms with Crippen molar-refractivity contribution in [2.45, 2.75) is 26.1 Å². The lowest BCUT2D eigenvalue weighted by Gasteiger charge is -2.17. The first-order valence-electron chi connectivity index (χ1n) is 6.23. The fourth-order valence-corrected chi connectivity index (χ4v) is 1.98. The summed E-state index contributed by atoms with van der Waals surface area (Å²) in [5.74, 6) is 0. The fourth-order valence-electron chi connectivity index (χ4n) is 1.98. The fraction of sp³-hybridized carbons (Fsp3) is 0.357. The number of aromatic nitrogens is 2. The number of benzene rings is 1. The van der Waals surface area contributed by atoms with Crippen molar-refractivity contribution in [2.24, 2.45) is 0 Å². The Kier molecular flexibility index (Phi) is 4.50. The highest BCUT2D eigenvalue weighted by molar-refractivity contribution is 5.19. The highest BCUT2D eigenvalue weighted by atomic mass is 16.3. The Morgan fingerprint density at radius 2 is 2.11 bits per heavy atom. The van der Waals surface area contributed by atoms with E-state index in [1.165, 1.54) is 0 Å². The van der Waals surface area contributed by atoms with Crippen LogP contribution in [-0.2, 0) is 13.1 Å². The van der Waals surface area contributed by atoms with E-state index in [-0.39, 0.29) is 12.6 Å². The molecule has 0 bridgehead atoms. The summed E-state index contributed by atoms with van der Waals surface area (Å²) in [6, 6.07) is 9.94. The van der Waals surface area contributed by atoms with Crippen molar-refractivity contribution < 1.29 is 5.11 Å². The number of aryl methyl sites for hydroxylation is 1. The van der Waals surface area contributed by atoms with Crippen LogP contribution in [0.2, 0.25) is 0 Å². The van der Waals surface area contributed by atoms with Crippen molar-refractivity contribution in [3.63, 3.8) is 0 Å². The summed E-state index contributed by atoms with van der Waals surface area (Å²) >= 11 is 0. The Morgan fingerprint density at radius 3 is 2.78 bits per heavy atom. The van der Waals surface area contributed by atoms with Crippen LogP contribution in [0.15, 0.2) is 42.9 Å². The van der Waals surface area contributed by atoms with Crippen molar-refractivity contribution >= 4 is 0 Å². The molecule has 96 valence electrons. The molecule has 0 aliphatic heterocycles. The van der Waals surface area contributed by atoms with Crippen LogP contribution in [0.25, 0.3) is 0 Å². The Hall–Kier alpha value is -1.65. The Balaban J connectivity index is 2.00. The van der Waals surface area contributed by atoms with Crippen LogP contribution in [0.3, 0.4) is 0 Å². The molecule has 0 radical (unpaired) electrons. The summed E-state index contributed by atoms with van der Waals surface area (Å²) in [6.07, 6.45) is 3.68. The van der Waals surface area contributed by atoms with E-state index < -0.39 is 0 Å². The van der Waals surface area contributed by atoms with Gasteiger partial charge in [0.25, 0.3) is 0 Å². The third-order valence-electron chi connectivity index (χ3n) is 3.05. The predicted molar refractivity (Wildman–Crippen MR) is 71.0 cm³/mol. The molecule has 0 fully saturated rings. The number of imidazole rings is 1. The van der Waals surface area contributed by atoms with Gasteiger partial charge in [0.15, 0.2) is 0 Å². The van der Waals surface area contributed by atoms with E-state index in [1.807, 2.05) is 42.9 Å². The molecular weight excluding hydrogens is 226 g/mol. The zero-order valence-electron chi connectivity index (χ0n) is 10.6. The maximum absolute atomic E-state index is 9.45. The van der Waals surface area contributed by atoms with Gasteiger partial charge in [-0.1, -0.05) is 30.3 Å². The molecule has 2 rings (SSSR count). The van der Waals surface area contributed by atoms with Crippen LogP contribution >= 0.6 is 0 Å². The van der Waals surface area contributed by atoms with Crippen molar-refractivity contribution in [2.75, 3.05) is 6.61 Å². The minimum absolute atomic E-state index is 0.0357. The van der Waals surface area contributed by atoms with Crippen molar-refractivity contribution in [1.29, 1.82) is 0 Å². The molecule has 0 saturated heterocycles. The SMILES string of the molecule is CCn1cncc1CN[C@@H](CO)c1ccccc1. The third-order valence-corrected chi connectivity index (χ3v) is 3.05. The van der Waals surface area contributed by atoms with Gasteiger partial charge in [-0.05, 0) is 12.5 Å². The minimum Gasteiger partial charge on any atom is -0.394 e. The Bertz CT molecular complexity index is 467. The first-order chi connectivity index (χ1) is 8.85. The average molecular weight is 245 g/mol. The zero-order chi connectivity index (χ0) is 12.8. The van der Waals surface area contributed by atoms with E-state index >= 15 is 0 Å². The van der Waals surface area contributed by atoms with Gasteiger partial charge in [-0.25, -0.2) is 4.98 Å². The molecule has 0 saturated carbocycles. The van der Waals surface area contributed by atoms with Gasteiger partial charge < -0.3 is 15.0 Å². The van der Waals surface area contributed by atoms with Crippen LogP contribution in [0.1, 0.15) is 24.2 Å². The minimum atomic E-state index is -0.0357. The molecule has 2 aromatic rings.